The monoisotopic (exact) mass is 360 g/mol. The number of aromatic nitrogens is 2. The molecule has 0 bridgehead atoms. The molecule has 0 saturated carbocycles. The van der Waals surface area contributed by atoms with Gasteiger partial charge in [0.2, 0.25) is 0 Å². The number of rotatable bonds is 6. The molecule has 0 radical (unpaired) electrons. The molecule has 0 spiro atoms. The van der Waals surface area contributed by atoms with Gasteiger partial charge in [0.1, 0.15) is 5.69 Å². The van der Waals surface area contributed by atoms with Crippen LogP contribution in [0.3, 0.4) is 0 Å². The van der Waals surface area contributed by atoms with Crippen molar-refractivity contribution in [1.82, 2.24) is 15.3 Å². The van der Waals surface area contributed by atoms with E-state index in [0.717, 1.165) is 12.0 Å². The first-order valence-electron chi connectivity index (χ1n) is 8.69. The third kappa shape index (κ3) is 4.98. The highest BCUT2D eigenvalue weighted by Crippen LogP contribution is 2.12. The van der Waals surface area contributed by atoms with Gasteiger partial charge < -0.3 is 10.6 Å². The van der Waals surface area contributed by atoms with Gasteiger partial charge in [-0.3, -0.25) is 19.6 Å². The van der Waals surface area contributed by atoms with Crippen LogP contribution in [0.5, 0.6) is 0 Å². The molecule has 0 fully saturated rings. The van der Waals surface area contributed by atoms with Crippen LogP contribution < -0.4 is 10.6 Å². The van der Waals surface area contributed by atoms with E-state index in [4.69, 9.17) is 0 Å². The van der Waals surface area contributed by atoms with Crippen LogP contribution in [0.15, 0.2) is 67.1 Å². The smallest absolute Gasteiger partial charge is 0.270 e. The van der Waals surface area contributed by atoms with E-state index in [1.165, 1.54) is 17.8 Å². The predicted octanol–water partition coefficient (Wildman–Crippen LogP) is 3.22. The molecule has 2 heterocycles. The van der Waals surface area contributed by atoms with E-state index in [1.54, 1.807) is 24.5 Å². The Morgan fingerprint density at radius 2 is 1.78 bits per heavy atom. The van der Waals surface area contributed by atoms with Crippen molar-refractivity contribution in [3.05, 3.63) is 89.5 Å². The van der Waals surface area contributed by atoms with Crippen LogP contribution in [0.2, 0.25) is 0 Å². The van der Waals surface area contributed by atoms with Crippen LogP contribution >= 0.6 is 0 Å². The lowest BCUT2D eigenvalue weighted by atomic mass is 10.1. The lowest BCUT2D eigenvalue weighted by Gasteiger charge is -2.08. The Morgan fingerprint density at radius 3 is 2.48 bits per heavy atom. The summed E-state index contributed by atoms with van der Waals surface area (Å²) in [6, 6.07) is 14.4. The molecule has 6 heteroatoms. The van der Waals surface area contributed by atoms with Gasteiger partial charge in [-0.15, -0.1) is 0 Å². The average Bonchev–Trinajstić information content (AvgIpc) is 2.73. The molecule has 3 aromatic rings. The number of benzene rings is 1. The highest BCUT2D eigenvalue weighted by Gasteiger charge is 2.12. The number of amides is 2. The zero-order valence-electron chi connectivity index (χ0n) is 15.0. The SMILES string of the molecule is CCc1ccc(NC(=O)c2ccnc(C(=O)NCc3cccnc3)c2)cc1. The van der Waals surface area contributed by atoms with Crippen LogP contribution in [-0.2, 0) is 13.0 Å². The Balaban J connectivity index is 1.64. The van der Waals surface area contributed by atoms with Crippen LogP contribution in [0, 0.1) is 0 Å². The molecule has 136 valence electrons. The summed E-state index contributed by atoms with van der Waals surface area (Å²) < 4.78 is 0. The highest BCUT2D eigenvalue weighted by atomic mass is 16.2. The van der Waals surface area contributed by atoms with Gasteiger partial charge in [0.25, 0.3) is 11.8 Å². The van der Waals surface area contributed by atoms with Crippen LogP contribution in [0.25, 0.3) is 0 Å². The second-order valence-corrected chi connectivity index (χ2v) is 5.98. The zero-order valence-corrected chi connectivity index (χ0v) is 15.0. The third-order valence-electron chi connectivity index (χ3n) is 4.05. The molecule has 3 rings (SSSR count). The molecule has 0 aliphatic carbocycles. The fraction of sp³-hybridized carbons (Fsp3) is 0.143. The minimum absolute atomic E-state index is 0.188. The molecular formula is C21H20N4O2. The Kier molecular flexibility index (Phi) is 5.89. The molecule has 1 aromatic carbocycles. The molecule has 0 aliphatic rings. The van der Waals surface area contributed by atoms with Gasteiger partial charge >= 0.3 is 0 Å². The van der Waals surface area contributed by atoms with Crippen molar-refractivity contribution >= 4 is 17.5 Å². The van der Waals surface area contributed by atoms with Crippen LogP contribution in [0.1, 0.15) is 38.9 Å². The maximum absolute atomic E-state index is 12.4. The van der Waals surface area contributed by atoms with Crippen molar-refractivity contribution in [3.63, 3.8) is 0 Å². The summed E-state index contributed by atoms with van der Waals surface area (Å²) in [6.07, 6.45) is 5.75. The molecule has 0 atom stereocenters. The van der Waals surface area contributed by atoms with Gasteiger partial charge in [-0.2, -0.15) is 0 Å². The van der Waals surface area contributed by atoms with Gasteiger partial charge in [0, 0.05) is 36.4 Å². The number of nitrogens with zero attached hydrogens (tertiary/aromatic N) is 2. The standard InChI is InChI=1S/C21H20N4O2/c1-2-15-5-7-18(8-6-15)25-20(26)17-9-11-23-19(12-17)21(27)24-14-16-4-3-10-22-13-16/h3-13H,2,14H2,1H3,(H,24,27)(H,25,26). The molecule has 2 aromatic heterocycles. The maximum atomic E-state index is 12.4. The topological polar surface area (TPSA) is 84.0 Å². The Hall–Kier alpha value is -3.54. The number of aryl methyl sites for hydroxylation is 1. The fourth-order valence-electron chi connectivity index (χ4n) is 2.50. The van der Waals surface area contributed by atoms with Gasteiger partial charge in [0.15, 0.2) is 0 Å². The normalized spacial score (nSPS) is 10.3. The second-order valence-electron chi connectivity index (χ2n) is 5.98. The van der Waals surface area contributed by atoms with E-state index >= 15 is 0 Å². The Bertz CT molecular complexity index is 924. The second kappa shape index (κ2) is 8.71. The van der Waals surface area contributed by atoms with Gasteiger partial charge in [-0.25, -0.2) is 0 Å². The van der Waals surface area contributed by atoms with Crippen molar-refractivity contribution < 1.29 is 9.59 Å². The minimum Gasteiger partial charge on any atom is -0.347 e. The van der Waals surface area contributed by atoms with Gasteiger partial charge in [-0.1, -0.05) is 25.1 Å². The fourth-order valence-corrected chi connectivity index (χ4v) is 2.50. The van der Waals surface area contributed by atoms with E-state index in [9.17, 15) is 9.59 Å². The molecule has 0 saturated heterocycles. The number of carbonyl (C=O) groups is 2. The number of hydrogen-bond acceptors (Lipinski definition) is 4. The van der Waals surface area contributed by atoms with E-state index in [1.807, 2.05) is 30.3 Å². The van der Waals surface area contributed by atoms with E-state index in [0.29, 0.717) is 17.8 Å². The zero-order chi connectivity index (χ0) is 19.1. The van der Waals surface area contributed by atoms with Crippen LogP contribution in [0.4, 0.5) is 5.69 Å². The first-order valence-corrected chi connectivity index (χ1v) is 8.69. The number of nitrogens with one attached hydrogen (secondary N) is 2. The molecule has 2 amide bonds. The summed E-state index contributed by atoms with van der Waals surface area (Å²) in [7, 11) is 0. The Labute approximate surface area is 157 Å². The summed E-state index contributed by atoms with van der Waals surface area (Å²) >= 11 is 0. The minimum atomic E-state index is -0.346. The summed E-state index contributed by atoms with van der Waals surface area (Å²) in [5.41, 5.74) is 3.35. The molecular weight excluding hydrogens is 340 g/mol. The van der Waals surface area contributed by atoms with Crippen molar-refractivity contribution in [2.45, 2.75) is 19.9 Å². The van der Waals surface area contributed by atoms with Gasteiger partial charge in [0.05, 0.1) is 0 Å². The summed E-state index contributed by atoms with van der Waals surface area (Å²) in [6.45, 7) is 2.42. The summed E-state index contributed by atoms with van der Waals surface area (Å²) in [5.74, 6) is -0.635. The molecule has 0 aliphatic heterocycles. The summed E-state index contributed by atoms with van der Waals surface area (Å²) in [4.78, 5) is 32.8. The number of anilines is 1. The maximum Gasteiger partial charge on any atom is 0.270 e. The average molecular weight is 360 g/mol. The van der Waals surface area contributed by atoms with Crippen LogP contribution in [-0.4, -0.2) is 21.8 Å². The predicted molar refractivity (Wildman–Crippen MR) is 103 cm³/mol. The Morgan fingerprint density at radius 1 is 0.963 bits per heavy atom. The largest absolute Gasteiger partial charge is 0.347 e. The van der Waals surface area contributed by atoms with E-state index < -0.39 is 0 Å². The van der Waals surface area contributed by atoms with Crippen molar-refractivity contribution in [2.24, 2.45) is 0 Å². The molecule has 2 N–H and O–H groups in total. The number of carbonyl (C=O) groups excluding carboxylic acids is 2. The van der Waals surface area contributed by atoms with Gasteiger partial charge in [-0.05, 0) is 47.9 Å². The molecule has 6 nitrogen and oxygen atoms in total. The van der Waals surface area contributed by atoms with Crippen molar-refractivity contribution in [1.29, 1.82) is 0 Å². The highest BCUT2D eigenvalue weighted by molar-refractivity contribution is 6.05. The first-order chi connectivity index (χ1) is 13.2. The molecule has 0 unspecified atom stereocenters. The quantitative estimate of drug-likeness (QED) is 0.707. The van der Waals surface area contributed by atoms with E-state index in [-0.39, 0.29) is 17.5 Å². The van der Waals surface area contributed by atoms with Crippen molar-refractivity contribution in [2.75, 3.05) is 5.32 Å². The third-order valence-corrected chi connectivity index (χ3v) is 4.05. The lowest BCUT2D eigenvalue weighted by Crippen LogP contribution is -2.24. The van der Waals surface area contributed by atoms with E-state index in [2.05, 4.69) is 27.5 Å². The number of hydrogen-bond donors (Lipinski definition) is 2. The molecule has 27 heavy (non-hydrogen) atoms. The lowest BCUT2D eigenvalue weighted by molar-refractivity contribution is 0.0946. The first kappa shape index (κ1) is 18.3. The summed E-state index contributed by atoms with van der Waals surface area (Å²) in [5, 5.41) is 5.60. The van der Waals surface area contributed by atoms with Crippen molar-refractivity contribution in [3.8, 4) is 0 Å². The number of pyridine rings is 2.